The molecule has 0 amide bonds. The van der Waals surface area contributed by atoms with Crippen LogP contribution in [0.5, 0.6) is 5.75 Å². The zero-order valence-electron chi connectivity index (χ0n) is 12.2. The van der Waals surface area contributed by atoms with Crippen molar-refractivity contribution in [1.82, 2.24) is 0 Å². The SMILES string of the molecule is O=C(O)c1ccc(-c2ccc(OC(F)(F)C(F)C(F)(F)F)cc2)cc1. The first-order valence-corrected chi connectivity index (χ1v) is 6.72. The number of benzene rings is 2. The molecule has 1 N–H and O–H groups in total. The molecule has 0 aromatic heterocycles. The second-order valence-electron chi connectivity index (χ2n) is 4.97. The minimum Gasteiger partial charge on any atom is -0.478 e. The molecule has 0 saturated heterocycles. The number of aromatic carboxylic acids is 1. The standard InChI is InChI=1S/C16H10F6O3/c17-14(15(18,19)20)16(21,22)25-12-7-5-10(6-8-12)9-1-3-11(4-2-9)13(23)24/h1-8,14H,(H,23,24). The van der Waals surface area contributed by atoms with Gasteiger partial charge in [-0.3, -0.25) is 0 Å². The van der Waals surface area contributed by atoms with Gasteiger partial charge in [0.05, 0.1) is 5.56 Å². The van der Waals surface area contributed by atoms with E-state index in [1.807, 2.05) is 0 Å². The van der Waals surface area contributed by atoms with Gasteiger partial charge in [0.2, 0.25) is 0 Å². The Labute approximate surface area is 137 Å². The normalized spacial score (nSPS) is 13.4. The molecule has 2 aromatic rings. The van der Waals surface area contributed by atoms with E-state index in [2.05, 4.69) is 4.74 Å². The number of alkyl halides is 6. The Bertz CT molecular complexity index is 738. The molecule has 0 radical (unpaired) electrons. The summed E-state index contributed by atoms with van der Waals surface area (Å²) in [4.78, 5) is 10.8. The Morgan fingerprint density at radius 1 is 0.880 bits per heavy atom. The lowest BCUT2D eigenvalue weighted by molar-refractivity contribution is -0.304. The number of halogens is 6. The maximum absolute atomic E-state index is 13.2. The number of ether oxygens (including phenoxy) is 1. The largest absolute Gasteiger partial charge is 0.478 e. The molecule has 0 heterocycles. The summed E-state index contributed by atoms with van der Waals surface area (Å²) in [6, 6.07) is 10.0. The van der Waals surface area contributed by atoms with E-state index >= 15 is 0 Å². The molecule has 0 fully saturated rings. The van der Waals surface area contributed by atoms with Gasteiger partial charge in [0.15, 0.2) is 0 Å². The van der Waals surface area contributed by atoms with Gasteiger partial charge < -0.3 is 9.84 Å². The van der Waals surface area contributed by atoms with Gasteiger partial charge in [-0.05, 0) is 35.4 Å². The van der Waals surface area contributed by atoms with Gasteiger partial charge in [0.1, 0.15) is 5.75 Å². The molecule has 0 aliphatic rings. The number of hydrogen-bond donors (Lipinski definition) is 1. The molecule has 9 heteroatoms. The predicted molar refractivity (Wildman–Crippen MR) is 75.4 cm³/mol. The van der Waals surface area contributed by atoms with Gasteiger partial charge in [-0.2, -0.15) is 22.0 Å². The average Bonchev–Trinajstić information content (AvgIpc) is 2.54. The van der Waals surface area contributed by atoms with Crippen molar-refractivity contribution in [1.29, 1.82) is 0 Å². The number of carboxylic acids is 1. The van der Waals surface area contributed by atoms with E-state index in [1.165, 1.54) is 36.4 Å². The summed E-state index contributed by atoms with van der Waals surface area (Å²) in [7, 11) is 0. The molecule has 1 unspecified atom stereocenters. The molecular weight excluding hydrogens is 354 g/mol. The van der Waals surface area contributed by atoms with Crippen molar-refractivity contribution < 1.29 is 41.0 Å². The second kappa shape index (κ2) is 6.66. The Morgan fingerprint density at radius 3 is 1.72 bits per heavy atom. The zero-order valence-corrected chi connectivity index (χ0v) is 12.2. The summed E-state index contributed by atoms with van der Waals surface area (Å²) in [6.07, 6.45) is -15.3. The highest BCUT2D eigenvalue weighted by Gasteiger charge is 2.59. The lowest BCUT2D eigenvalue weighted by Crippen LogP contribution is -2.45. The van der Waals surface area contributed by atoms with Gasteiger partial charge >= 0.3 is 18.3 Å². The monoisotopic (exact) mass is 364 g/mol. The molecule has 0 aliphatic heterocycles. The fourth-order valence-electron chi connectivity index (χ4n) is 1.92. The van der Waals surface area contributed by atoms with E-state index in [0.717, 1.165) is 12.1 Å². The van der Waals surface area contributed by atoms with E-state index in [-0.39, 0.29) is 5.56 Å². The van der Waals surface area contributed by atoms with E-state index < -0.39 is 30.2 Å². The predicted octanol–water partition coefficient (Wildman–Crippen LogP) is 4.92. The van der Waals surface area contributed by atoms with Crippen molar-refractivity contribution in [3.05, 3.63) is 54.1 Å². The highest BCUT2D eigenvalue weighted by atomic mass is 19.4. The summed E-state index contributed by atoms with van der Waals surface area (Å²) in [6.45, 7) is 0. The lowest BCUT2D eigenvalue weighted by Gasteiger charge is -2.23. The quantitative estimate of drug-likeness (QED) is 0.766. The third kappa shape index (κ3) is 4.43. The number of rotatable bonds is 5. The van der Waals surface area contributed by atoms with Gasteiger partial charge in [0, 0.05) is 0 Å². The summed E-state index contributed by atoms with van der Waals surface area (Å²) < 4.78 is 79.1. The number of carbonyl (C=O) groups is 1. The van der Waals surface area contributed by atoms with E-state index in [9.17, 15) is 31.1 Å². The number of carboxylic acid groups (broad SMARTS) is 1. The molecule has 2 aromatic carbocycles. The molecule has 134 valence electrons. The van der Waals surface area contributed by atoms with E-state index in [0.29, 0.717) is 11.1 Å². The van der Waals surface area contributed by atoms with Crippen LogP contribution in [0.4, 0.5) is 26.3 Å². The third-order valence-electron chi connectivity index (χ3n) is 3.16. The molecule has 3 nitrogen and oxygen atoms in total. The number of hydrogen-bond acceptors (Lipinski definition) is 2. The Morgan fingerprint density at radius 2 is 1.32 bits per heavy atom. The summed E-state index contributed by atoms with van der Waals surface area (Å²) in [5, 5.41) is 8.79. The van der Waals surface area contributed by atoms with Crippen LogP contribution in [0.25, 0.3) is 11.1 Å². The van der Waals surface area contributed by atoms with Gasteiger partial charge in [-0.1, -0.05) is 24.3 Å². The Kier molecular flexibility index (Phi) is 4.96. The van der Waals surface area contributed by atoms with Crippen LogP contribution < -0.4 is 4.74 Å². The molecule has 0 spiro atoms. The van der Waals surface area contributed by atoms with Crippen LogP contribution in [0.15, 0.2) is 48.5 Å². The van der Waals surface area contributed by atoms with Crippen LogP contribution in [0.1, 0.15) is 10.4 Å². The van der Waals surface area contributed by atoms with Crippen LogP contribution in [0, 0.1) is 0 Å². The minimum absolute atomic E-state index is 0.0458. The van der Waals surface area contributed by atoms with Crippen molar-refractivity contribution in [2.24, 2.45) is 0 Å². The van der Waals surface area contributed by atoms with E-state index in [1.54, 1.807) is 0 Å². The Hall–Kier alpha value is -2.71. The molecule has 2 rings (SSSR count). The van der Waals surface area contributed by atoms with Crippen LogP contribution in [-0.4, -0.2) is 29.5 Å². The lowest BCUT2D eigenvalue weighted by atomic mass is 10.0. The Balaban J connectivity index is 2.15. The molecule has 25 heavy (non-hydrogen) atoms. The minimum atomic E-state index is -5.75. The van der Waals surface area contributed by atoms with Crippen LogP contribution >= 0.6 is 0 Å². The topological polar surface area (TPSA) is 46.5 Å². The zero-order chi connectivity index (χ0) is 18.8. The first-order chi connectivity index (χ1) is 11.5. The maximum atomic E-state index is 13.2. The van der Waals surface area contributed by atoms with Gasteiger partial charge in [-0.25, -0.2) is 9.18 Å². The third-order valence-corrected chi connectivity index (χ3v) is 3.16. The van der Waals surface area contributed by atoms with Crippen LogP contribution in [0.3, 0.4) is 0 Å². The van der Waals surface area contributed by atoms with E-state index in [4.69, 9.17) is 5.11 Å². The van der Waals surface area contributed by atoms with Crippen molar-refractivity contribution in [3.63, 3.8) is 0 Å². The van der Waals surface area contributed by atoms with Crippen molar-refractivity contribution in [2.45, 2.75) is 18.5 Å². The molecule has 0 aliphatic carbocycles. The summed E-state index contributed by atoms with van der Waals surface area (Å²) in [5.41, 5.74) is 1.06. The first kappa shape index (κ1) is 18.6. The summed E-state index contributed by atoms with van der Waals surface area (Å²) >= 11 is 0. The highest BCUT2D eigenvalue weighted by molar-refractivity contribution is 5.88. The fourth-order valence-corrected chi connectivity index (χ4v) is 1.92. The highest BCUT2D eigenvalue weighted by Crippen LogP contribution is 2.36. The van der Waals surface area contributed by atoms with Crippen molar-refractivity contribution in [2.75, 3.05) is 0 Å². The van der Waals surface area contributed by atoms with Crippen LogP contribution in [-0.2, 0) is 0 Å². The van der Waals surface area contributed by atoms with Crippen molar-refractivity contribution >= 4 is 5.97 Å². The summed E-state index contributed by atoms with van der Waals surface area (Å²) in [5.74, 6) is -1.77. The average molecular weight is 364 g/mol. The molecule has 0 saturated carbocycles. The molecule has 0 bridgehead atoms. The first-order valence-electron chi connectivity index (χ1n) is 6.72. The molecule has 1 atom stereocenters. The smallest absolute Gasteiger partial charge is 0.439 e. The molecular formula is C16H10F6O3. The maximum Gasteiger partial charge on any atom is 0.439 e. The van der Waals surface area contributed by atoms with Gasteiger partial charge in [-0.15, -0.1) is 0 Å². The van der Waals surface area contributed by atoms with Crippen LogP contribution in [0.2, 0.25) is 0 Å². The van der Waals surface area contributed by atoms with Crippen molar-refractivity contribution in [3.8, 4) is 16.9 Å². The fraction of sp³-hybridized carbons (Fsp3) is 0.188. The second-order valence-corrected chi connectivity index (χ2v) is 4.97. The van der Waals surface area contributed by atoms with Gasteiger partial charge in [0.25, 0.3) is 6.17 Å².